The van der Waals surface area contributed by atoms with Crippen LogP contribution in [0.25, 0.3) is 0 Å². The van der Waals surface area contributed by atoms with E-state index < -0.39 is 5.38 Å². The quantitative estimate of drug-likeness (QED) is 0.762. The number of ether oxygens (including phenoxy) is 1. The van der Waals surface area contributed by atoms with Crippen molar-refractivity contribution in [2.75, 3.05) is 6.61 Å². The highest BCUT2D eigenvalue weighted by molar-refractivity contribution is 6.32. The van der Waals surface area contributed by atoms with Crippen LogP contribution in [-0.2, 0) is 0 Å². The molecule has 0 aliphatic rings. The third-order valence-corrected chi connectivity index (χ3v) is 2.77. The number of nitrogens with zero attached hydrogens (tertiary/aromatic N) is 1. The van der Waals surface area contributed by atoms with Crippen molar-refractivity contribution in [1.29, 1.82) is 5.26 Å². The molecule has 1 rings (SSSR count). The van der Waals surface area contributed by atoms with Crippen molar-refractivity contribution in [1.82, 2.24) is 0 Å². The number of aryl methyl sites for hydroxylation is 2. The summed E-state index contributed by atoms with van der Waals surface area (Å²) in [6, 6.07) is 5.55. The second kappa shape index (κ2) is 5.25. The van der Waals surface area contributed by atoms with Crippen LogP contribution in [0.5, 0.6) is 5.75 Å². The van der Waals surface area contributed by atoms with Crippen LogP contribution in [-0.4, -0.2) is 12.0 Å². The molecule has 0 N–H and O–H groups in total. The minimum atomic E-state index is -0.624. The van der Waals surface area contributed by atoms with Crippen LogP contribution in [0.15, 0.2) is 12.1 Å². The second-order valence-electron chi connectivity index (χ2n) is 3.28. The van der Waals surface area contributed by atoms with Crippen LogP contribution in [0.4, 0.5) is 0 Å². The van der Waals surface area contributed by atoms with Crippen molar-refractivity contribution in [2.24, 2.45) is 0 Å². The molecule has 0 aliphatic heterocycles. The van der Waals surface area contributed by atoms with E-state index in [2.05, 4.69) is 0 Å². The molecule has 4 heteroatoms. The van der Waals surface area contributed by atoms with Crippen LogP contribution < -0.4 is 4.74 Å². The highest BCUT2D eigenvalue weighted by Crippen LogP contribution is 2.25. The zero-order valence-corrected chi connectivity index (χ0v) is 10.1. The van der Waals surface area contributed by atoms with Gasteiger partial charge >= 0.3 is 0 Å². The molecule has 1 unspecified atom stereocenters. The zero-order chi connectivity index (χ0) is 11.4. The average Bonchev–Trinajstić information content (AvgIpc) is 2.22. The molecule has 0 aromatic heterocycles. The molecular formula is C11H11Cl2NO. The number of rotatable bonds is 3. The number of nitriles is 1. The van der Waals surface area contributed by atoms with Gasteiger partial charge < -0.3 is 4.74 Å². The third kappa shape index (κ3) is 3.30. The minimum Gasteiger partial charge on any atom is -0.491 e. The molecule has 0 spiro atoms. The Kier molecular flexibility index (Phi) is 4.26. The summed E-state index contributed by atoms with van der Waals surface area (Å²) in [5, 5.41) is 8.60. The van der Waals surface area contributed by atoms with Gasteiger partial charge in [0.2, 0.25) is 0 Å². The van der Waals surface area contributed by atoms with Gasteiger partial charge in [-0.25, -0.2) is 0 Å². The van der Waals surface area contributed by atoms with Gasteiger partial charge in [-0.15, -0.1) is 11.6 Å². The molecule has 15 heavy (non-hydrogen) atoms. The van der Waals surface area contributed by atoms with Crippen LogP contribution in [0.3, 0.4) is 0 Å². The number of alkyl halides is 1. The third-order valence-electron chi connectivity index (χ3n) is 1.95. The van der Waals surface area contributed by atoms with Gasteiger partial charge in [-0.2, -0.15) is 5.26 Å². The summed E-state index contributed by atoms with van der Waals surface area (Å²) in [5.74, 6) is 0.690. The lowest BCUT2D eigenvalue weighted by molar-refractivity contribution is 0.328. The lowest BCUT2D eigenvalue weighted by Crippen LogP contribution is -2.09. The van der Waals surface area contributed by atoms with E-state index >= 15 is 0 Å². The van der Waals surface area contributed by atoms with Crippen molar-refractivity contribution in [3.63, 3.8) is 0 Å². The maximum absolute atomic E-state index is 8.48. The SMILES string of the molecule is Cc1cc(OCC(Cl)C#N)cc(C)c1Cl. The van der Waals surface area contributed by atoms with Gasteiger partial charge in [-0.05, 0) is 37.1 Å². The van der Waals surface area contributed by atoms with Crippen molar-refractivity contribution >= 4 is 23.2 Å². The van der Waals surface area contributed by atoms with Gasteiger partial charge in [0.05, 0.1) is 6.07 Å². The molecule has 0 saturated carbocycles. The smallest absolute Gasteiger partial charge is 0.154 e. The Hall–Kier alpha value is -0.910. The van der Waals surface area contributed by atoms with E-state index in [1.807, 2.05) is 32.0 Å². The van der Waals surface area contributed by atoms with E-state index in [0.717, 1.165) is 16.1 Å². The molecule has 1 atom stereocenters. The lowest BCUT2D eigenvalue weighted by atomic mass is 10.1. The first-order valence-electron chi connectivity index (χ1n) is 4.48. The average molecular weight is 244 g/mol. The topological polar surface area (TPSA) is 33.0 Å². The van der Waals surface area contributed by atoms with E-state index in [1.165, 1.54) is 0 Å². The summed E-state index contributed by atoms with van der Waals surface area (Å²) in [6.07, 6.45) is 0. The Morgan fingerprint density at radius 3 is 2.40 bits per heavy atom. The van der Waals surface area contributed by atoms with E-state index in [0.29, 0.717) is 5.75 Å². The molecule has 2 nitrogen and oxygen atoms in total. The van der Waals surface area contributed by atoms with Crippen molar-refractivity contribution < 1.29 is 4.74 Å². The molecule has 0 saturated heterocycles. The summed E-state index contributed by atoms with van der Waals surface area (Å²) in [4.78, 5) is 0. The highest BCUT2D eigenvalue weighted by atomic mass is 35.5. The predicted octanol–water partition coefficient (Wildman–Crippen LogP) is 3.47. The van der Waals surface area contributed by atoms with Crippen LogP contribution in [0.1, 0.15) is 11.1 Å². The summed E-state index contributed by atoms with van der Waals surface area (Å²) in [6.45, 7) is 3.99. The number of halogens is 2. The van der Waals surface area contributed by atoms with E-state index in [4.69, 9.17) is 33.2 Å². The van der Waals surface area contributed by atoms with E-state index in [9.17, 15) is 0 Å². The van der Waals surface area contributed by atoms with Crippen LogP contribution >= 0.6 is 23.2 Å². The summed E-state index contributed by atoms with van der Waals surface area (Å²) in [7, 11) is 0. The second-order valence-corrected chi connectivity index (χ2v) is 4.18. The molecule has 0 amide bonds. The van der Waals surface area contributed by atoms with Crippen molar-refractivity contribution in [3.05, 3.63) is 28.3 Å². The molecule has 1 aromatic rings. The fraction of sp³-hybridized carbons (Fsp3) is 0.364. The fourth-order valence-electron chi connectivity index (χ4n) is 1.20. The number of benzene rings is 1. The molecule has 80 valence electrons. The number of hydrogen-bond acceptors (Lipinski definition) is 2. The maximum atomic E-state index is 8.48. The first kappa shape index (κ1) is 12.2. The summed E-state index contributed by atoms with van der Waals surface area (Å²) in [5.41, 5.74) is 1.91. The largest absolute Gasteiger partial charge is 0.491 e. The number of hydrogen-bond donors (Lipinski definition) is 0. The Morgan fingerprint density at radius 1 is 1.40 bits per heavy atom. The summed E-state index contributed by atoms with van der Waals surface area (Å²) >= 11 is 11.6. The molecule has 0 radical (unpaired) electrons. The fourth-order valence-corrected chi connectivity index (χ4v) is 1.37. The van der Waals surface area contributed by atoms with Gasteiger partial charge in [0.1, 0.15) is 12.4 Å². The van der Waals surface area contributed by atoms with Crippen LogP contribution in [0, 0.1) is 25.2 Å². The van der Waals surface area contributed by atoms with Crippen molar-refractivity contribution in [3.8, 4) is 11.8 Å². The maximum Gasteiger partial charge on any atom is 0.154 e. The summed E-state index contributed by atoms with van der Waals surface area (Å²) < 4.78 is 5.36. The predicted molar refractivity (Wildman–Crippen MR) is 61.7 cm³/mol. The molecular weight excluding hydrogens is 233 g/mol. The van der Waals surface area contributed by atoms with E-state index in [-0.39, 0.29) is 6.61 Å². The standard InChI is InChI=1S/C11H11Cl2NO/c1-7-3-10(4-8(2)11(7)13)15-6-9(12)5-14/h3-4,9H,6H2,1-2H3. The van der Waals surface area contributed by atoms with Gasteiger partial charge in [0.15, 0.2) is 5.38 Å². The Morgan fingerprint density at radius 2 is 1.93 bits per heavy atom. The molecule has 0 fully saturated rings. The van der Waals surface area contributed by atoms with E-state index in [1.54, 1.807) is 0 Å². The van der Waals surface area contributed by atoms with Gasteiger partial charge in [0, 0.05) is 5.02 Å². The zero-order valence-electron chi connectivity index (χ0n) is 8.55. The Bertz CT molecular complexity index is 375. The highest BCUT2D eigenvalue weighted by Gasteiger charge is 2.06. The van der Waals surface area contributed by atoms with Gasteiger partial charge in [-0.1, -0.05) is 11.6 Å². The molecule has 0 heterocycles. The monoisotopic (exact) mass is 243 g/mol. The molecule has 1 aromatic carbocycles. The Balaban J connectivity index is 2.76. The Labute approximate surface area is 99.4 Å². The lowest BCUT2D eigenvalue weighted by Gasteiger charge is -2.09. The van der Waals surface area contributed by atoms with Crippen molar-refractivity contribution in [2.45, 2.75) is 19.2 Å². The first-order valence-corrected chi connectivity index (χ1v) is 5.29. The molecule has 0 bridgehead atoms. The van der Waals surface area contributed by atoms with Crippen LogP contribution in [0.2, 0.25) is 5.02 Å². The normalized spacial score (nSPS) is 11.9. The minimum absolute atomic E-state index is 0.179. The molecule has 0 aliphatic carbocycles. The van der Waals surface area contributed by atoms with Gasteiger partial charge in [-0.3, -0.25) is 0 Å². The van der Waals surface area contributed by atoms with Gasteiger partial charge in [0.25, 0.3) is 0 Å². The first-order chi connectivity index (χ1) is 7.04.